The highest BCUT2D eigenvalue weighted by atomic mass is 79.9. The smallest absolute Gasteiger partial charge is 0.164 e. The zero-order chi connectivity index (χ0) is 17.2. The largest absolute Gasteiger partial charge is 0.369 e. The predicted molar refractivity (Wildman–Crippen MR) is 104 cm³/mol. The van der Waals surface area contributed by atoms with Gasteiger partial charge in [-0.1, -0.05) is 30.3 Å². The molecule has 0 fully saturated rings. The standard InChI is InChI=1S/C17H15BrN6S/c1-24-16-13(14(18)23-24)15(20-10-21-16)19-8-7-12-9-25-17(22-12)11-5-3-2-4-6-11/h2-6,9-10H,7-8H2,1H3,(H,19,20,21). The molecule has 0 radical (unpaired) electrons. The second kappa shape index (κ2) is 6.89. The first-order valence-corrected chi connectivity index (χ1v) is 9.46. The van der Waals surface area contributed by atoms with Gasteiger partial charge < -0.3 is 5.32 Å². The quantitative estimate of drug-likeness (QED) is 0.536. The molecule has 3 aromatic heterocycles. The van der Waals surface area contributed by atoms with E-state index in [1.165, 1.54) is 0 Å². The first-order valence-electron chi connectivity index (χ1n) is 7.79. The van der Waals surface area contributed by atoms with Crippen molar-refractivity contribution in [3.8, 4) is 10.6 Å². The van der Waals surface area contributed by atoms with Gasteiger partial charge in [0, 0.05) is 31.0 Å². The molecule has 3 heterocycles. The topological polar surface area (TPSA) is 68.5 Å². The molecule has 1 aromatic carbocycles. The van der Waals surface area contributed by atoms with Crippen molar-refractivity contribution in [1.82, 2.24) is 24.7 Å². The minimum atomic E-state index is 0.741. The van der Waals surface area contributed by atoms with E-state index in [1.807, 2.05) is 25.2 Å². The van der Waals surface area contributed by atoms with E-state index in [1.54, 1.807) is 22.3 Å². The molecule has 126 valence electrons. The maximum absolute atomic E-state index is 4.72. The van der Waals surface area contributed by atoms with Crippen molar-refractivity contribution in [2.45, 2.75) is 6.42 Å². The minimum absolute atomic E-state index is 0.741. The van der Waals surface area contributed by atoms with Crippen LogP contribution in [0.4, 0.5) is 5.82 Å². The maximum atomic E-state index is 4.72. The lowest BCUT2D eigenvalue weighted by Gasteiger charge is -2.05. The number of aromatic nitrogens is 5. The van der Waals surface area contributed by atoms with Crippen molar-refractivity contribution in [2.24, 2.45) is 7.05 Å². The molecule has 0 bridgehead atoms. The van der Waals surface area contributed by atoms with Crippen LogP contribution >= 0.6 is 27.3 Å². The van der Waals surface area contributed by atoms with Crippen molar-refractivity contribution >= 4 is 44.1 Å². The van der Waals surface area contributed by atoms with Gasteiger partial charge in [0.1, 0.15) is 21.8 Å². The summed E-state index contributed by atoms with van der Waals surface area (Å²) in [7, 11) is 1.87. The fourth-order valence-electron chi connectivity index (χ4n) is 2.62. The number of nitrogens with one attached hydrogen (secondary N) is 1. The van der Waals surface area contributed by atoms with E-state index in [2.05, 4.69) is 53.8 Å². The molecule has 0 aliphatic carbocycles. The molecule has 0 amide bonds. The third kappa shape index (κ3) is 3.27. The average Bonchev–Trinajstić information content (AvgIpc) is 3.21. The van der Waals surface area contributed by atoms with Crippen molar-refractivity contribution in [3.63, 3.8) is 0 Å². The summed E-state index contributed by atoms with van der Waals surface area (Å²) in [4.78, 5) is 13.3. The molecule has 25 heavy (non-hydrogen) atoms. The summed E-state index contributed by atoms with van der Waals surface area (Å²) >= 11 is 5.14. The fourth-order valence-corrected chi connectivity index (χ4v) is 4.08. The van der Waals surface area contributed by atoms with Gasteiger partial charge in [-0.2, -0.15) is 5.10 Å². The number of nitrogens with zero attached hydrogens (tertiary/aromatic N) is 5. The van der Waals surface area contributed by atoms with Gasteiger partial charge in [-0.3, -0.25) is 0 Å². The Labute approximate surface area is 157 Å². The first kappa shape index (κ1) is 16.2. The minimum Gasteiger partial charge on any atom is -0.369 e. The van der Waals surface area contributed by atoms with E-state index in [0.29, 0.717) is 0 Å². The van der Waals surface area contributed by atoms with Crippen LogP contribution in [-0.4, -0.2) is 31.3 Å². The maximum Gasteiger partial charge on any atom is 0.164 e. The van der Waals surface area contributed by atoms with Gasteiger partial charge in [0.05, 0.1) is 11.1 Å². The Morgan fingerprint density at radius 3 is 2.88 bits per heavy atom. The molecule has 0 spiro atoms. The van der Waals surface area contributed by atoms with Crippen LogP contribution < -0.4 is 5.32 Å². The molecule has 4 rings (SSSR count). The van der Waals surface area contributed by atoms with Crippen molar-refractivity contribution in [1.29, 1.82) is 0 Å². The zero-order valence-corrected chi connectivity index (χ0v) is 15.9. The van der Waals surface area contributed by atoms with Gasteiger partial charge in [0.15, 0.2) is 5.65 Å². The summed E-state index contributed by atoms with van der Waals surface area (Å²) < 4.78 is 2.48. The van der Waals surface area contributed by atoms with Gasteiger partial charge in [0.2, 0.25) is 0 Å². The van der Waals surface area contributed by atoms with Gasteiger partial charge in [-0.05, 0) is 15.9 Å². The second-order valence-electron chi connectivity index (χ2n) is 5.52. The number of fused-ring (bicyclic) bond motifs is 1. The van der Waals surface area contributed by atoms with E-state index in [-0.39, 0.29) is 0 Å². The molecular formula is C17H15BrN6S. The number of rotatable bonds is 5. The van der Waals surface area contributed by atoms with Gasteiger partial charge in [0.25, 0.3) is 0 Å². The van der Waals surface area contributed by atoms with Crippen LogP contribution in [-0.2, 0) is 13.5 Å². The Morgan fingerprint density at radius 1 is 1.20 bits per heavy atom. The molecule has 0 saturated carbocycles. The molecule has 6 nitrogen and oxygen atoms in total. The number of aryl methyl sites for hydroxylation is 1. The Bertz CT molecular complexity index is 1010. The van der Waals surface area contributed by atoms with Crippen LogP contribution in [0.5, 0.6) is 0 Å². The van der Waals surface area contributed by atoms with Crippen LogP contribution in [0.1, 0.15) is 5.69 Å². The van der Waals surface area contributed by atoms with E-state index in [9.17, 15) is 0 Å². The molecule has 4 aromatic rings. The lowest BCUT2D eigenvalue weighted by molar-refractivity contribution is 0.777. The van der Waals surface area contributed by atoms with E-state index >= 15 is 0 Å². The normalized spacial score (nSPS) is 11.1. The summed E-state index contributed by atoms with van der Waals surface area (Å²) in [5, 5.41) is 11.8. The lowest BCUT2D eigenvalue weighted by Crippen LogP contribution is -2.07. The average molecular weight is 415 g/mol. The Kier molecular flexibility index (Phi) is 4.46. The summed E-state index contributed by atoms with van der Waals surface area (Å²) in [6.45, 7) is 0.741. The van der Waals surface area contributed by atoms with E-state index in [0.717, 1.165) is 50.7 Å². The molecule has 8 heteroatoms. The molecule has 1 N–H and O–H groups in total. The number of anilines is 1. The van der Waals surface area contributed by atoms with Crippen LogP contribution in [0.3, 0.4) is 0 Å². The lowest BCUT2D eigenvalue weighted by atomic mass is 10.2. The highest BCUT2D eigenvalue weighted by Gasteiger charge is 2.13. The van der Waals surface area contributed by atoms with Crippen LogP contribution in [0.2, 0.25) is 0 Å². The zero-order valence-electron chi connectivity index (χ0n) is 13.5. The summed E-state index contributed by atoms with van der Waals surface area (Å²) in [5.41, 5.74) is 3.03. The first-order chi connectivity index (χ1) is 12.2. The van der Waals surface area contributed by atoms with E-state index in [4.69, 9.17) is 4.98 Å². The summed E-state index contributed by atoms with van der Waals surface area (Å²) in [5.74, 6) is 0.781. The monoisotopic (exact) mass is 414 g/mol. The van der Waals surface area contributed by atoms with Gasteiger partial charge >= 0.3 is 0 Å². The molecule has 0 unspecified atom stereocenters. The molecule has 0 atom stereocenters. The van der Waals surface area contributed by atoms with E-state index < -0.39 is 0 Å². The number of halogens is 1. The molecular weight excluding hydrogens is 400 g/mol. The summed E-state index contributed by atoms with van der Waals surface area (Å²) in [6.07, 6.45) is 2.38. The number of hydrogen-bond acceptors (Lipinski definition) is 6. The third-order valence-electron chi connectivity index (χ3n) is 3.82. The fraction of sp³-hybridized carbons (Fsp3) is 0.176. The van der Waals surface area contributed by atoms with Crippen LogP contribution in [0, 0.1) is 0 Å². The number of thiazole rings is 1. The highest BCUT2D eigenvalue weighted by Crippen LogP contribution is 2.27. The van der Waals surface area contributed by atoms with Crippen LogP contribution in [0.25, 0.3) is 21.6 Å². The van der Waals surface area contributed by atoms with Crippen molar-refractivity contribution < 1.29 is 0 Å². The van der Waals surface area contributed by atoms with Gasteiger partial charge in [-0.25, -0.2) is 19.6 Å². The molecule has 0 aliphatic heterocycles. The highest BCUT2D eigenvalue weighted by molar-refractivity contribution is 9.10. The third-order valence-corrected chi connectivity index (χ3v) is 5.32. The van der Waals surface area contributed by atoms with Crippen molar-refractivity contribution in [2.75, 3.05) is 11.9 Å². The second-order valence-corrected chi connectivity index (χ2v) is 7.13. The summed E-state index contributed by atoms with van der Waals surface area (Å²) in [6, 6.07) is 10.2. The van der Waals surface area contributed by atoms with Gasteiger partial charge in [-0.15, -0.1) is 11.3 Å². The predicted octanol–water partition coefficient (Wildman–Crippen LogP) is 3.90. The Balaban J connectivity index is 1.46. The Hall–Kier alpha value is -2.32. The molecule has 0 saturated heterocycles. The van der Waals surface area contributed by atoms with Crippen molar-refractivity contribution in [3.05, 3.63) is 52.3 Å². The molecule has 0 aliphatic rings. The number of benzene rings is 1. The number of hydrogen-bond donors (Lipinski definition) is 1. The SMILES string of the molecule is Cn1nc(Br)c2c(NCCc3csc(-c4ccccc4)n3)ncnc21. The Morgan fingerprint density at radius 2 is 2.04 bits per heavy atom. The van der Waals surface area contributed by atoms with Crippen LogP contribution in [0.15, 0.2) is 46.6 Å².